The molecule has 0 aliphatic carbocycles. The average molecular weight is 755 g/mol. The van der Waals surface area contributed by atoms with Crippen LogP contribution in [0.5, 0.6) is 0 Å². The Kier molecular flexibility index (Phi) is 8.18. The van der Waals surface area contributed by atoms with E-state index in [4.69, 9.17) is 0 Å². The van der Waals surface area contributed by atoms with Crippen LogP contribution in [0.3, 0.4) is 0 Å². The first-order chi connectivity index (χ1) is 27.4. The Bertz CT molecular complexity index is 2820. The van der Waals surface area contributed by atoms with Crippen LogP contribution in [0, 0.1) is 6.92 Å². The van der Waals surface area contributed by atoms with Crippen LogP contribution in [-0.4, -0.2) is 6.71 Å². The van der Waals surface area contributed by atoms with E-state index in [9.17, 15) is 0 Å². The number of rotatable bonds is 4. The average Bonchev–Trinajstić information content (AvgIpc) is 3.59. The lowest BCUT2D eigenvalue weighted by atomic mass is 9.33. The van der Waals surface area contributed by atoms with E-state index in [1.807, 2.05) is 11.3 Å². The third-order valence-electron chi connectivity index (χ3n) is 12.0. The summed E-state index contributed by atoms with van der Waals surface area (Å²) in [5.41, 5.74) is 19.1. The van der Waals surface area contributed by atoms with Crippen molar-refractivity contribution in [1.82, 2.24) is 0 Å². The summed E-state index contributed by atoms with van der Waals surface area (Å²) in [7, 11) is 0. The molecule has 2 aliphatic rings. The third-order valence-corrected chi connectivity index (χ3v) is 13.2. The van der Waals surface area contributed by atoms with Crippen molar-refractivity contribution < 1.29 is 0 Å². The Hall–Kier alpha value is -5.84. The Morgan fingerprint density at radius 3 is 1.70 bits per heavy atom. The first-order valence-electron chi connectivity index (χ1n) is 20.2. The first kappa shape index (κ1) is 35.6. The van der Waals surface area contributed by atoms with Gasteiger partial charge < -0.3 is 9.80 Å². The molecule has 1 aromatic heterocycles. The second kappa shape index (κ2) is 13.1. The maximum absolute atomic E-state index is 2.58. The van der Waals surface area contributed by atoms with Gasteiger partial charge in [0.25, 0.3) is 6.71 Å². The molecule has 0 fully saturated rings. The summed E-state index contributed by atoms with van der Waals surface area (Å²) in [6.07, 6.45) is 0. The second-order valence-corrected chi connectivity index (χ2v) is 19.0. The predicted octanol–water partition coefficient (Wildman–Crippen LogP) is 13.2. The minimum atomic E-state index is 0.0238. The molecule has 3 heterocycles. The highest BCUT2D eigenvalue weighted by atomic mass is 32.1. The van der Waals surface area contributed by atoms with E-state index in [1.54, 1.807) is 0 Å². The van der Waals surface area contributed by atoms with Crippen molar-refractivity contribution in [2.24, 2.45) is 0 Å². The first-order valence-corrected chi connectivity index (χ1v) is 21.0. The summed E-state index contributed by atoms with van der Waals surface area (Å²) in [5.74, 6) is 0. The Labute approximate surface area is 342 Å². The number of hydrogen-bond donors (Lipinski definition) is 0. The van der Waals surface area contributed by atoms with Crippen LogP contribution in [0.4, 0.5) is 33.4 Å². The van der Waals surface area contributed by atoms with Gasteiger partial charge in [-0.15, -0.1) is 11.3 Å². The topological polar surface area (TPSA) is 6.48 Å². The zero-order valence-corrected chi connectivity index (χ0v) is 34.7. The molecule has 0 unspecified atom stereocenters. The summed E-state index contributed by atoms with van der Waals surface area (Å²) in [5, 5.41) is 2.67. The van der Waals surface area contributed by atoms with E-state index in [0.717, 1.165) is 5.69 Å². The van der Waals surface area contributed by atoms with Gasteiger partial charge in [-0.25, -0.2) is 0 Å². The lowest BCUT2D eigenvalue weighted by molar-refractivity contribution is 0.590. The van der Waals surface area contributed by atoms with E-state index in [0.29, 0.717) is 0 Å². The molecule has 0 spiro atoms. The highest BCUT2D eigenvalue weighted by Gasteiger charge is 2.45. The molecule has 0 bridgehead atoms. The minimum Gasteiger partial charge on any atom is -0.311 e. The van der Waals surface area contributed by atoms with Crippen LogP contribution in [0.15, 0.2) is 158 Å². The number of anilines is 6. The molecule has 57 heavy (non-hydrogen) atoms. The monoisotopic (exact) mass is 754 g/mol. The predicted molar refractivity (Wildman–Crippen MR) is 249 cm³/mol. The molecule has 278 valence electrons. The molecule has 0 amide bonds. The highest BCUT2D eigenvalue weighted by molar-refractivity contribution is 7.26. The van der Waals surface area contributed by atoms with Crippen LogP contribution < -0.4 is 26.2 Å². The zero-order chi connectivity index (χ0) is 39.2. The van der Waals surface area contributed by atoms with Gasteiger partial charge in [0.1, 0.15) is 0 Å². The van der Waals surface area contributed by atoms with E-state index in [2.05, 4.69) is 216 Å². The zero-order valence-electron chi connectivity index (χ0n) is 33.9. The lowest BCUT2D eigenvalue weighted by Gasteiger charge is -2.43. The number of fused-ring (bicyclic) bond motifs is 6. The van der Waals surface area contributed by atoms with Crippen molar-refractivity contribution in [1.29, 1.82) is 0 Å². The van der Waals surface area contributed by atoms with Gasteiger partial charge in [0.2, 0.25) is 0 Å². The lowest BCUT2D eigenvalue weighted by Crippen LogP contribution is -2.61. The maximum Gasteiger partial charge on any atom is 0.254 e. The van der Waals surface area contributed by atoms with Crippen molar-refractivity contribution in [2.75, 3.05) is 9.80 Å². The summed E-state index contributed by atoms with van der Waals surface area (Å²) >= 11 is 1.93. The molecule has 7 aromatic carbocycles. The quantitative estimate of drug-likeness (QED) is 0.165. The highest BCUT2D eigenvalue weighted by Crippen LogP contribution is 2.49. The van der Waals surface area contributed by atoms with Crippen molar-refractivity contribution in [3.63, 3.8) is 0 Å². The smallest absolute Gasteiger partial charge is 0.254 e. The van der Waals surface area contributed by atoms with Crippen LogP contribution in [0.2, 0.25) is 0 Å². The van der Waals surface area contributed by atoms with E-state index in [1.165, 1.54) is 93.2 Å². The van der Waals surface area contributed by atoms with Crippen molar-refractivity contribution in [2.45, 2.75) is 59.3 Å². The SMILES string of the molecule is Cc1cc2c3c(c1)N(c1ccc(C(C)(C)C)cc1)c1sc4ccc(C(C)(C)C)cc4c1B3c1ccc(-c3ccccc3)cc1N2c1cccc(-c2ccccc2)c1. The van der Waals surface area contributed by atoms with Crippen LogP contribution in [0.25, 0.3) is 32.3 Å². The Morgan fingerprint density at radius 2 is 1.05 bits per heavy atom. The number of thiophene rings is 1. The number of aryl methyl sites for hydroxylation is 1. The number of hydrogen-bond acceptors (Lipinski definition) is 3. The standard InChI is InChI=1S/C53H47BN2S/c1-34-29-46-50-47(30-34)56(41-25-22-39(23-26-41)52(2,3)4)51-49(43-33-40(53(5,6)7)24-28-48(43)57-51)54(50)44-27-21-38(36-17-12-9-13-18-36)32-45(44)55(46)42-20-14-19-37(31-42)35-15-10-8-11-16-35/h8-33H,1-7H3. The van der Waals surface area contributed by atoms with E-state index >= 15 is 0 Å². The van der Waals surface area contributed by atoms with Crippen molar-refractivity contribution >= 4 is 78.0 Å². The Morgan fingerprint density at radius 1 is 0.456 bits per heavy atom. The fourth-order valence-corrected chi connectivity index (χ4v) is 10.3. The van der Waals surface area contributed by atoms with Crippen LogP contribution in [-0.2, 0) is 10.8 Å². The molecule has 0 saturated carbocycles. The van der Waals surface area contributed by atoms with Gasteiger partial charge in [-0.1, -0.05) is 151 Å². The molecule has 2 aliphatic heterocycles. The molecule has 0 atom stereocenters. The van der Waals surface area contributed by atoms with Crippen molar-refractivity contribution in [3.8, 4) is 22.3 Å². The van der Waals surface area contributed by atoms with Gasteiger partial charge in [-0.3, -0.25) is 0 Å². The normalized spacial score (nSPS) is 13.4. The van der Waals surface area contributed by atoms with Gasteiger partial charge in [0, 0.05) is 33.1 Å². The molecule has 2 nitrogen and oxygen atoms in total. The van der Waals surface area contributed by atoms with Crippen LogP contribution >= 0.6 is 11.3 Å². The number of benzene rings is 7. The molecular weight excluding hydrogens is 707 g/mol. The summed E-state index contributed by atoms with van der Waals surface area (Å²) in [6, 6.07) is 59.3. The van der Waals surface area contributed by atoms with Crippen molar-refractivity contribution in [3.05, 3.63) is 174 Å². The van der Waals surface area contributed by atoms with Gasteiger partial charge in [0.15, 0.2) is 0 Å². The maximum atomic E-state index is 2.58. The van der Waals surface area contributed by atoms with Gasteiger partial charge in [-0.05, 0) is 127 Å². The minimum absolute atomic E-state index is 0.0238. The van der Waals surface area contributed by atoms with Crippen LogP contribution in [0.1, 0.15) is 58.2 Å². The van der Waals surface area contributed by atoms with Gasteiger partial charge in [-0.2, -0.15) is 0 Å². The molecule has 0 saturated heterocycles. The summed E-state index contributed by atoms with van der Waals surface area (Å²) < 4.78 is 1.33. The fourth-order valence-electron chi connectivity index (χ4n) is 9.03. The largest absolute Gasteiger partial charge is 0.311 e. The second-order valence-electron chi connectivity index (χ2n) is 18.0. The molecule has 4 heteroatoms. The molecule has 8 aromatic rings. The third kappa shape index (κ3) is 5.92. The molecule has 10 rings (SSSR count). The Balaban J connectivity index is 1.30. The number of nitrogens with zero attached hydrogens (tertiary/aromatic N) is 2. The molecular formula is C53H47BN2S. The molecule has 0 N–H and O–H groups in total. The van der Waals surface area contributed by atoms with E-state index in [-0.39, 0.29) is 17.5 Å². The summed E-state index contributed by atoms with van der Waals surface area (Å²) in [6.45, 7) is 16.2. The van der Waals surface area contributed by atoms with E-state index < -0.39 is 0 Å². The fraction of sp³-hybridized carbons (Fsp3) is 0.170. The summed E-state index contributed by atoms with van der Waals surface area (Å²) in [4.78, 5) is 5.13. The van der Waals surface area contributed by atoms with Gasteiger partial charge in [0.05, 0.1) is 5.00 Å². The van der Waals surface area contributed by atoms with Gasteiger partial charge >= 0.3 is 0 Å². The molecule has 0 radical (unpaired) electrons.